The molecule has 0 saturated carbocycles. The minimum absolute atomic E-state index is 0.220. The van der Waals surface area contributed by atoms with Gasteiger partial charge in [0.1, 0.15) is 6.04 Å². The Morgan fingerprint density at radius 1 is 1.21 bits per heavy atom. The van der Waals surface area contributed by atoms with Crippen LogP contribution in [-0.4, -0.2) is 27.6 Å². The zero-order valence-corrected chi connectivity index (χ0v) is 15.4. The highest BCUT2D eigenvalue weighted by atomic mass is 16.5. The van der Waals surface area contributed by atoms with Gasteiger partial charge in [-0.25, -0.2) is 4.79 Å². The van der Waals surface area contributed by atoms with Gasteiger partial charge in [0.15, 0.2) is 0 Å². The summed E-state index contributed by atoms with van der Waals surface area (Å²) in [6.45, 7) is 2.64. The molecule has 1 unspecified atom stereocenters. The smallest absolute Gasteiger partial charge is 0.322 e. The lowest BCUT2D eigenvalue weighted by Crippen LogP contribution is -2.34. The number of hydrogen-bond donors (Lipinski definition) is 1. The lowest BCUT2D eigenvalue weighted by molar-refractivity contribution is 0.193. The quantitative estimate of drug-likeness (QED) is 0.739. The first-order valence-electron chi connectivity index (χ1n) is 9.12. The number of carbonyl (C=O) groups excluding carboxylic acids is 1. The molecule has 1 fully saturated rings. The number of benzene rings is 2. The van der Waals surface area contributed by atoms with Crippen LogP contribution in [0.3, 0.4) is 0 Å². The highest BCUT2D eigenvalue weighted by Crippen LogP contribution is 2.32. The molecular formula is C21H19N5O2. The van der Waals surface area contributed by atoms with Crippen molar-refractivity contribution in [1.29, 1.82) is 5.26 Å². The molecule has 1 saturated heterocycles. The van der Waals surface area contributed by atoms with Crippen molar-refractivity contribution in [2.75, 3.05) is 11.9 Å². The van der Waals surface area contributed by atoms with Crippen LogP contribution in [0.4, 0.5) is 10.5 Å². The fourth-order valence-corrected chi connectivity index (χ4v) is 3.28. The van der Waals surface area contributed by atoms with E-state index in [0.717, 1.165) is 24.0 Å². The van der Waals surface area contributed by atoms with E-state index in [1.54, 1.807) is 29.2 Å². The molecule has 2 amide bonds. The van der Waals surface area contributed by atoms with Gasteiger partial charge in [-0.05, 0) is 44.0 Å². The molecule has 0 spiro atoms. The van der Waals surface area contributed by atoms with Crippen LogP contribution in [0, 0.1) is 18.3 Å². The van der Waals surface area contributed by atoms with Crippen molar-refractivity contribution in [2.24, 2.45) is 0 Å². The summed E-state index contributed by atoms with van der Waals surface area (Å²) in [5.41, 5.74) is 3.23. The van der Waals surface area contributed by atoms with Crippen molar-refractivity contribution in [2.45, 2.75) is 25.8 Å². The number of urea groups is 1. The zero-order chi connectivity index (χ0) is 19.5. The van der Waals surface area contributed by atoms with E-state index in [0.29, 0.717) is 29.5 Å². The van der Waals surface area contributed by atoms with Crippen molar-refractivity contribution < 1.29 is 9.32 Å². The van der Waals surface area contributed by atoms with Crippen LogP contribution in [0.1, 0.15) is 35.9 Å². The monoisotopic (exact) mass is 373 g/mol. The number of anilines is 1. The van der Waals surface area contributed by atoms with Crippen LogP contribution in [0.5, 0.6) is 0 Å². The maximum atomic E-state index is 12.7. The van der Waals surface area contributed by atoms with Gasteiger partial charge < -0.3 is 14.7 Å². The SMILES string of the molecule is Cc1ccc(-c2noc(C3CCCN3C(=O)Nc3ccc(C#N)cc3)n2)cc1. The molecule has 1 aromatic heterocycles. The second-order valence-corrected chi connectivity index (χ2v) is 6.79. The van der Waals surface area contributed by atoms with Gasteiger partial charge in [-0.15, -0.1) is 0 Å². The predicted octanol–water partition coefficient (Wildman–Crippen LogP) is 4.29. The number of aryl methyl sites for hydroxylation is 1. The topological polar surface area (TPSA) is 95.0 Å². The third-order valence-corrected chi connectivity index (χ3v) is 4.82. The molecular weight excluding hydrogens is 354 g/mol. The van der Waals surface area contributed by atoms with Crippen molar-refractivity contribution >= 4 is 11.7 Å². The first kappa shape index (κ1) is 17.7. The average Bonchev–Trinajstić information content (AvgIpc) is 3.38. The molecule has 2 aromatic carbocycles. The first-order valence-corrected chi connectivity index (χ1v) is 9.12. The normalized spacial score (nSPS) is 16.0. The van der Waals surface area contributed by atoms with Gasteiger partial charge in [-0.1, -0.05) is 35.0 Å². The number of hydrogen-bond acceptors (Lipinski definition) is 5. The second-order valence-electron chi connectivity index (χ2n) is 6.79. The average molecular weight is 373 g/mol. The lowest BCUT2D eigenvalue weighted by atomic mass is 10.1. The number of nitrogens with one attached hydrogen (secondary N) is 1. The van der Waals surface area contributed by atoms with E-state index in [4.69, 9.17) is 9.78 Å². The fraction of sp³-hybridized carbons (Fsp3) is 0.238. The highest BCUT2D eigenvalue weighted by Gasteiger charge is 2.34. The summed E-state index contributed by atoms with van der Waals surface area (Å²) in [4.78, 5) is 19.0. The minimum atomic E-state index is -0.245. The maximum Gasteiger partial charge on any atom is 0.322 e. The summed E-state index contributed by atoms with van der Waals surface area (Å²) in [6, 6.07) is 16.3. The van der Waals surface area contributed by atoms with E-state index in [9.17, 15) is 4.79 Å². The third kappa shape index (κ3) is 3.58. The van der Waals surface area contributed by atoms with E-state index in [1.807, 2.05) is 31.2 Å². The minimum Gasteiger partial charge on any atom is -0.337 e. The third-order valence-electron chi connectivity index (χ3n) is 4.82. The van der Waals surface area contributed by atoms with Crippen LogP contribution < -0.4 is 5.32 Å². The lowest BCUT2D eigenvalue weighted by Gasteiger charge is -2.22. The molecule has 0 radical (unpaired) electrons. The van der Waals surface area contributed by atoms with E-state index in [2.05, 4.69) is 21.5 Å². The van der Waals surface area contributed by atoms with Gasteiger partial charge in [-0.2, -0.15) is 10.2 Å². The van der Waals surface area contributed by atoms with Gasteiger partial charge in [-0.3, -0.25) is 0 Å². The summed E-state index contributed by atoms with van der Waals surface area (Å²) in [5.74, 6) is 0.970. The Labute approximate surface area is 162 Å². The molecule has 2 heterocycles. The molecule has 0 bridgehead atoms. The van der Waals surface area contributed by atoms with Gasteiger partial charge in [0.25, 0.3) is 0 Å². The first-order chi connectivity index (χ1) is 13.6. The zero-order valence-electron chi connectivity index (χ0n) is 15.4. The number of aromatic nitrogens is 2. The fourth-order valence-electron chi connectivity index (χ4n) is 3.28. The Morgan fingerprint density at radius 3 is 2.68 bits per heavy atom. The van der Waals surface area contributed by atoms with Crippen LogP contribution >= 0.6 is 0 Å². The number of rotatable bonds is 3. The predicted molar refractivity (Wildman–Crippen MR) is 103 cm³/mol. The van der Waals surface area contributed by atoms with Crippen LogP contribution in [0.25, 0.3) is 11.4 Å². The highest BCUT2D eigenvalue weighted by molar-refractivity contribution is 5.89. The van der Waals surface area contributed by atoms with Crippen molar-refractivity contribution in [3.8, 4) is 17.5 Å². The van der Waals surface area contributed by atoms with Crippen molar-refractivity contribution in [1.82, 2.24) is 15.0 Å². The molecule has 7 nitrogen and oxygen atoms in total. The molecule has 0 aliphatic carbocycles. The Morgan fingerprint density at radius 2 is 1.96 bits per heavy atom. The molecule has 3 aromatic rings. The van der Waals surface area contributed by atoms with E-state index in [1.165, 1.54) is 0 Å². The molecule has 4 rings (SSSR count). The Kier molecular flexibility index (Phi) is 4.77. The Balaban J connectivity index is 1.49. The van der Waals surface area contributed by atoms with Gasteiger partial charge in [0.2, 0.25) is 11.7 Å². The van der Waals surface area contributed by atoms with Crippen LogP contribution in [0.2, 0.25) is 0 Å². The van der Waals surface area contributed by atoms with Gasteiger partial charge >= 0.3 is 6.03 Å². The number of likely N-dealkylation sites (tertiary alicyclic amines) is 1. The molecule has 1 aliphatic heterocycles. The Bertz CT molecular complexity index is 1020. The molecule has 1 atom stereocenters. The van der Waals surface area contributed by atoms with E-state index >= 15 is 0 Å². The second kappa shape index (κ2) is 7.53. The molecule has 7 heteroatoms. The molecule has 1 N–H and O–H groups in total. The summed E-state index contributed by atoms with van der Waals surface area (Å²) in [6.07, 6.45) is 1.64. The number of carbonyl (C=O) groups is 1. The van der Waals surface area contributed by atoms with Gasteiger partial charge in [0.05, 0.1) is 11.6 Å². The van der Waals surface area contributed by atoms with Crippen LogP contribution in [0.15, 0.2) is 53.1 Å². The van der Waals surface area contributed by atoms with Gasteiger partial charge in [0, 0.05) is 17.8 Å². The standard InChI is InChI=1S/C21H19N5O2/c1-14-4-8-16(9-5-14)19-24-20(28-25-19)18-3-2-12-26(18)21(27)23-17-10-6-15(13-22)7-11-17/h4-11,18H,2-3,12H2,1H3,(H,23,27). The number of nitrogens with zero attached hydrogens (tertiary/aromatic N) is 4. The maximum absolute atomic E-state index is 12.7. The van der Waals surface area contributed by atoms with Crippen LogP contribution in [-0.2, 0) is 0 Å². The molecule has 1 aliphatic rings. The Hall–Kier alpha value is -3.66. The summed E-state index contributed by atoms with van der Waals surface area (Å²) >= 11 is 0. The van der Waals surface area contributed by atoms with E-state index in [-0.39, 0.29) is 12.1 Å². The molecule has 140 valence electrons. The summed E-state index contributed by atoms with van der Waals surface area (Å²) in [5, 5.41) is 15.8. The van der Waals surface area contributed by atoms with Crippen molar-refractivity contribution in [3.05, 3.63) is 65.5 Å². The number of amides is 2. The molecule has 28 heavy (non-hydrogen) atoms. The summed E-state index contributed by atoms with van der Waals surface area (Å²) in [7, 11) is 0. The van der Waals surface area contributed by atoms with E-state index < -0.39 is 0 Å². The number of nitriles is 1. The summed E-state index contributed by atoms with van der Waals surface area (Å²) < 4.78 is 5.48. The largest absolute Gasteiger partial charge is 0.337 e. The van der Waals surface area contributed by atoms with Crippen molar-refractivity contribution in [3.63, 3.8) is 0 Å².